The molecule has 1 aliphatic rings. The first kappa shape index (κ1) is 12.6. The lowest BCUT2D eigenvalue weighted by atomic mass is 10.1. The van der Waals surface area contributed by atoms with Crippen LogP contribution in [0.3, 0.4) is 0 Å². The van der Waals surface area contributed by atoms with Crippen molar-refractivity contribution < 1.29 is 4.79 Å². The van der Waals surface area contributed by atoms with E-state index >= 15 is 0 Å². The van der Waals surface area contributed by atoms with E-state index in [-0.39, 0.29) is 5.91 Å². The van der Waals surface area contributed by atoms with Crippen LogP contribution in [0.2, 0.25) is 0 Å². The number of hydrogen-bond acceptors (Lipinski definition) is 2. The smallest absolute Gasteiger partial charge is 0.272 e. The number of amides is 1. The summed E-state index contributed by atoms with van der Waals surface area (Å²) in [7, 11) is 0. The first-order valence-electron chi connectivity index (χ1n) is 6.77. The number of aliphatic imine (C=N–C) groups is 1. The summed E-state index contributed by atoms with van der Waals surface area (Å²) in [6, 6.07) is 19.7. The van der Waals surface area contributed by atoms with Crippen LogP contribution in [0.25, 0.3) is 0 Å². The summed E-state index contributed by atoms with van der Waals surface area (Å²) in [5, 5.41) is 0. The highest BCUT2D eigenvalue weighted by Crippen LogP contribution is 2.12. The largest absolute Gasteiger partial charge is 0.331 e. The fraction of sp³-hybridized carbons (Fsp3) is 0.176. The van der Waals surface area contributed by atoms with Crippen molar-refractivity contribution >= 4 is 11.6 Å². The van der Waals surface area contributed by atoms with Gasteiger partial charge in [0.05, 0.1) is 6.54 Å². The molecule has 0 fully saturated rings. The summed E-state index contributed by atoms with van der Waals surface area (Å²) in [5.74, 6) is 0.0197. The minimum absolute atomic E-state index is 0.0197. The molecule has 20 heavy (non-hydrogen) atoms. The monoisotopic (exact) mass is 264 g/mol. The predicted octanol–water partition coefficient (Wildman–Crippen LogP) is 2.52. The molecule has 0 spiro atoms. The van der Waals surface area contributed by atoms with Crippen molar-refractivity contribution in [3.05, 3.63) is 71.8 Å². The van der Waals surface area contributed by atoms with Crippen LogP contribution >= 0.6 is 0 Å². The van der Waals surface area contributed by atoms with E-state index in [9.17, 15) is 4.79 Å². The van der Waals surface area contributed by atoms with Gasteiger partial charge in [0.25, 0.3) is 5.91 Å². The second-order valence-electron chi connectivity index (χ2n) is 4.81. The number of carbonyl (C=O) groups is 1. The average Bonchev–Trinajstić information content (AvgIpc) is 2.51. The molecule has 1 heterocycles. The van der Waals surface area contributed by atoms with Gasteiger partial charge in [0.1, 0.15) is 5.71 Å². The van der Waals surface area contributed by atoms with Crippen LogP contribution in [0.15, 0.2) is 65.7 Å². The van der Waals surface area contributed by atoms with E-state index in [0.717, 1.165) is 11.1 Å². The summed E-state index contributed by atoms with van der Waals surface area (Å²) in [5.41, 5.74) is 2.62. The lowest BCUT2D eigenvalue weighted by Crippen LogP contribution is -2.41. The normalized spacial score (nSPS) is 15.1. The number of hydrogen-bond donors (Lipinski definition) is 0. The first-order valence-corrected chi connectivity index (χ1v) is 6.77. The Labute approximate surface area is 118 Å². The van der Waals surface area contributed by atoms with Crippen molar-refractivity contribution in [2.24, 2.45) is 4.99 Å². The molecule has 3 nitrogen and oxygen atoms in total. The summed E-state index contributed by atoms with van der Waals surface area (Å²) < 4.78 is 0. The highest BCUT2D eigenvalue weighted by Gasteiger charge is 2.24. The topological polar surface area (TPSA) is 32.7 Å². The fourth-order valence-electron chi connectivity index (χ4n) is 2.37. The molecule has 0 atom stereocenters. The van der Waals surface area contributed by atoms with Gasteiger partial charge in [0, 0.05) is 18.7 Å². The van der Waals surface area contributed by atoms with Gasteiger partial charge in [-0.25, -0.2) is 0 Å². The fourth-order valence-corrected chi connectivity index (χ4v) is 2.37. The Kier molecular flexibility index (Phi) is 3.59. The molecule has 0 aliphatic carbocycles. The van der Waals surface area contributed by atoms with Gasteiger partial charge in [0.15, 0.2) is 0 Å². The molecule has 2 aromatic carbocycles. The summed E-state index contributed by atoms with van der Waals surface area (Å²) in [6.07, 6.45) is 0. The Balaban J connectivity index is 1.80. The molecule has 0 saturated heterocycles. The lowest BCUT2D eigenvalue weighted by Gasteiger charge is -2.26. The van der Waals surface area contributed by atoms with E-state index in [4.69, 9.17) is 0 Å². The van der Waals surface area contributed by atoms with Gasteiger partial charge >= 0.3 is 0 Å². The maximum absolute atomic E-state index is 12.5. The quantitative estimate of drug-likeness (QED) is 0.838. The standard InChI is InChI=1S/C17H16N2O/c20-17-16(15-9-5-2-6-10-15)18-11-12-19(17)13-14-7-3-1-4-8-14/h1-10H,11-13H2. The van der Waals surface area contributed by atoms with E-state index in [2.05, 4.69) is 4.99 Å². The van der Waals surface area contributed by atoms with Crippen LogP contribution in [0.4, 0.5) is 0 Å². The third-order valence-electron chi connectivity index (χ3n) is 3.39. The minimum Gasteiger partial charge on any atom is -0.331 e. The van der Waals surface area contributed by atoms with Crippen molar-refractivity contribution in [1.29, 1.82) is 0 Å². The van der Waals surface area contributed by atoms with Crippen LogP contribution in [0, 0.1) is 0 Å². The molecule has 0 N–H and O–H groups in total. The molecule has 0 unspecified atom stereocenters. The number of carbonyl (C=O) groups excluding carboxylic acids is 1. The van der Waals surface area contributed by atoms with Crippen molar-refractivity contribution in [3.8, 4) is 0 Å². The van der Waals surface area contributed by atoms with Crippen LogP contribution < -0.4 is 0 Å². The molecule has 0 saturated carbocycles. The van der Waals surface area contributed by atoms with Crippen LogP contribution in [-0.4, -0.2) is 29.6 Å². The van der Waals surface area contributed by atoms with Crippen LogP contribution in [-0.2, 0) is 11.3 Å². The van der Waals surface area contributed by atoms with Crippen LogP contribution in [0.5, 0.6) is 0 Å². The minimum atomic E-state index is 0.0197. The Bertz CT molecular complexity index is 620. The predicted molar refractivity (Wildman–Crippen MR) is 79.7 cm³/mol. The van der Waals surface area contributed by atoms with E-state index < -0.39 is 0 Å². The lowest BCUT2D eigenvalue weighted by molar-refractivity contribution is -0.125. The molecule has 2 aromatic rings. The average molecular weight is 264 g/mol. The molecule has 1 amide bonds. The van der Waals surface area contributed by atoms with Gasteiger partial charge in [0.2, 0.25) is 0 Å². The van der Waals surface area contributed by atoms with Gasteiger partial charge in [-0.15, -0.1) is 0 Å². The highest BCUT2D eigenvalue weighted by atomic mass is 16.2. The summed E-state index contributed by atoms with van der Waals surface area (Å²) >= 11 is 0. The molecular weight excluding hydrogens is 248 g/mol. The highest BCUT2D eigenvalue weighted by molar-refractivity contribution is 6.45. The molecule has 100 valence electrons. The zero-order valence-electron chi connectivity index (χ0n) is 11.2. The second kappa shape index (κ2) is 5.70. The Morgan fingerprint density at radius 3 is 2.30 bits per heavy atom. The Morgan fingerprint density at radius 1 is 0.950 bits per heavy atom. The first-order chi connectivity index (χ1) is 9.84. The third-order valence-corrected chi connectivity index (χ3v) is 3.39. The molecule has 0 aromatic heterocycles. The number of benzene rings is 2. The molecule has 3 heteroatoms. The SMILES string of the molecule is O=C1C(c2ccccc2)=NCCN1Cc1ccccc1. The zero-order chi connectivity index (χ0) is 13.8. The summed E-state index contributed by atoms with van der Waals surface area (Å²) in [4.78, 5) is 18.8. The van der Waals surface area contributed by atoms with E-state index in [1.807, 2.05) is 65.6 Å². The van der Waals surface area contributed by atoms with Crippen molar-refractivity contribution in [2.45, 2.75) is 6.54 Å². The molecule has 0 bridgehead atoms. The maximum atomic E-state index is 12.5. The molecule has 0 radical (unpaired) electrons. The van der Waals surface area contributed by atoms with E-state index in [0.29, 0.717) is 25.3 Å². The van der Waals surface area contributed by atoms with Crippen molar-refractivity contribution in [3.63, 3.8) is 0 Å². The van der Waals surface area contributed by atoms with Gasteiger partial charge in [-0.05, 0) is 5.56 Å². The van der Waals surface area contributed by atoms with Crippen molar-refractivity contribution in [2.75, 3.05) is 13.1 Å². The van der Waals surface area contributed by atoms with Gasteiger partial charge in [-0.2, -0.15) is 0 Å². The van der Waals surface area contributed by atoms with E-state index in [1.54, 1.807) is 0 Å². The van der Waals surface area contributed by atoms with E-state index in [1.165, 1.54) is 0 Å². The molecule has 1 aliphatic heterocycles. The maximum Gasteiger partial charge on any atom is 0.272 e. The third kappa shape index (κ3) is 2.62. The Morgan fingerprint density at radius 2 is 1.60 bits per heavy atom. The van der Waals surface area contributed by atoms with Gasteiger partial charge in [-0.3, -0.25) is 9.79 Å². The molecular formula is C17H16N2O. The number of rotatable bonds is 3. The number of nitrogens with zero attached hydrogens (tertiary/aromatic N) is 2. The zero-order valence-corrected chi connectivity index (χ0v) is 11.2. The molecule has 3 rings (SSSR count). The summed E-state index contributed by atoms with van der Waals surface area (Å²) in [6.45, 7) is 2.00. The van der Waals surface area contributed by atoms with Gasteiger partial charge < -0.3 is 4.90 Å². The van der Waals surface area contributed by atoms with Crippen molar-refractivity contribution in [1.82, 2.24) is 4.90 Å². The Hall–Kier alpha value is -2.42. The van der Waals surface area contributed by atoms with Gasteiger partial charge in [-0.1, -0.05) is 60.7 Å². The van der Waals surface area contributed by atoms with Crippen LogP contribution in [0.1, 0.15) is 11.1 Å². The second-order valence-corrected chi connectivity index (χ2v) is 4.81.